The number of carbonyl (C=O) groups is 1. The van der Waals surface area contributed by atoms with Crippen LogP contribution in [0.3, 0.4) is 0 Å². The maximum Gasteiger partial charge on any atom is 0.252 e. The molecule has 8 nitrogen and oxygen atoms in total. The molecule has 0 aliphatic carbocycles. The molecule has 1 amide bonds. The number of nitrogens with zero attached hydrogens (tertiary/aromatic N) is 3. The Hall–Kier alpha value is -3.72. The number of rotatable bonds is 8. The van der Waals surface area contributed by atoms with Crippen molar-refractivity contribution in [2.24, 2.45) is 0 Å². The fourth-order valence-electron chi connectivity index (χ4n) is 5.05. The van der Waals surface area contributed by atoms with E-state index >= 15 is 0 Å². The van der Waals surface area contributed by atoms with Crippen molar-refractivity contribution in [1.29, 1.82) is 0 Å². The van der Waals surface area contributed by atoms with Crippen LogP contribution in [0.25, 0.3) is 22.3 Å². The molecule has 2 atom stereocenters. The summed E-state index contributed by atoms with van der Waals surface area (Å²) in [6.07, 6.45) is 2.13. The van der Waals surface area contributed by atoms with Crippen LogP contribution < -0.4 is 10.1 Å². The third kappa shape index (κ3) is 5.43. The van der Waals surface area contributed by atoms with E-state index in [-0.39, 0.29) is 29.5 Å². The molecule has 1 aliphatic rings. The first kappa shape index (κ1) is 25.9. The van der Waals surface area contributed by atoms with Gasteiger partial charge in [-0.15, -0.1) is 0 Å². The molecule has 0 spiro atoms. The van der Waals surface area contributed by atoms with Crippen molar-refractivity contribution in [3.05, 3.63) is 77.5 Å². The van der Waals surface area contributed by atoms with Crippen LogP contribution in [0, 0.1) is 6.92 Å². The zero-order chi connectivity index (χ0) is 26.9. The summed E-state index contributed by atoms with van der Waals surface area (Å²) in [4.78, 5) is 18.6. The summed E-state index contributed by atoms with van der Waals surface area (Å²) in [6, 6.07) is 19.1. The van der Waals surface area contributed by atoms with Crippen LogP contribution in [-0.2, 0) is 16.3 Å². The van der Waals surface area contributed by atoms with Crippen LogP contribution in [0.15, 0.2) is 60.7 Å². The first-order valence-corrected chi connectivity index (χ1v) is 14.7. The van der Waals surface area contributed by atoms with Crippen molar-refractivity contribution in [3.63, 3.8) is 0 Å². The number of pyridine rings is 1. The summed E-state index contributed by atoms with van der Waals surface area (Å²) in [5, 5.41) is 8.49. The van der Waals surface area contributed by atoms with E-state index in [0.29, 0.717) is 40.2 Å². The lowest BCUT2D eigenvalue weighted by Crippen LogP contribution is -2.33. The van der Waals surface area contributed by atoms with E-state index < -0.39 is 9.84 Å². The quantitative estimate of drug-likeness (QED) is 0.358. The minimum Gasteiger partial charge on any atom is -0.497 e. The van der Waals surface area contributed by atoms with Crippen LogP contribution in [0.5, 0.6) is 5.75 Å². The fourth-order valence-corrected chi connectivity index (χ4v) is 6.74. The maximum atomic E-state index is 13.7. The topological polar surface area (TPSA) is 103 Å². The summed E-state index contributed by atoms with van der Waals surface area (Å²) < 4.78 is 31.6. The lowest BCUT2D eigenvalue weighted by molar-refractivity contribution is 0.0940. The van der Waals surface area contributed by atoms with Crippen molar-refractivity contribution in [2.45, 2.75) is 45.2 Å². The maximum absolute atomic E-state index is 13.7. The van der Waals surface area contributed by atoms with Crippen LogP contribution in [0.1, 0.15) is 47.4 Å². The lowest BCUT2D eigenvalue weighted by atomic mass is 10.0. The number of hydrogen-bond donors (Lipinski definition) is 1. The molecule has 1 aliphatic heterocycles. The second-order valence-electron chi connectivity index (χ2n) is 9.97. The molecule has 38 heavy (non-hydrogen) atoms. The molecule has 2 unspecified atom stereocenters. The third-order valence-electron chi connectivity index (χ3n) is 7.09. The SMILES string of the molecule is COc1cccc(-c2cc(C(=O)NC(C)CCc3ccccc3)c3c(C)nn(C4CCS(=O)(=O)C4)c3n2)c1. The molecule has 1 saturated heterocycles. The van der Waals surface area contributed by atoms with Crippen molar-refractivity contribution in [2.75, 3.05) is 18.6 Å². The molecule has 0 saturated carbocycles. The zero-order valence-corrected chi connectivity index (χ0v) is 22.7. The van der Waals surface area contributed by atoms with Gasteiger partial charge in [0.15, 0.2) is 15.5 Å². The molecule has 4 aromatic rings. The zero-order valence-electron chi connectivity index (χ0n) is 21.8. The second-order valence-corrected chi connectivity index (χ2v) is 12.2. The fraction of sp³-hybridized carbons (Fsp3) is 0.345. The first-order valence-electron chi connectivity index (χ1n) is 12.8. The van der Waals surface area contributed by atoms with E-state index in [1.54, 1.807) is 17.9 Å². The van der Waals surface area contributed by atoms with Crippen LogP contribution in [0.4, 0.5) is 0 Å². The monoisotopic (exact) mass is 532 g/mol. The average molecular weight is 533 g/mol. The Kier molecular flexibility index (Phi) is 7.21. The smallest absolute Gasteiger partial charge is 0.252 e. The van der Waals surface area contributed by atoms with Crippen LogP contribution >= 0.6 is 0 Å². The van der Waals surface area contributed by atoms with Gasteiger partial charge in [-0.25, -0.2) is 18.1 Å². The van der Waals surface area contributed by atoms with Crippen molar-refractivity contribution < 1.29 is 17.9 Å². The summed E-state index contributed by atoms with van der Waals surface area (Å²) >= 11 is 0. The number of sulfone groups is 1. The van der Waals surface area contributed by atoms with Gasteiger partial charge in [0.05, 0.1) is 47.0 Å². The predicted octanol–water partition coefficient (Wildman–Crippen LogP) is 4.53. The highest BCUT2D eigenvalue weighted by Crippen LogP contribution is 2.33. The Bertz CT molecular complexity index is 1580. The molecule has 1 fully saturated rings. The summed E-state index contributed by atoms with van der Waals surface area (Å²) in [7, 11) is -1.53. The standard InChI is InChI=1S/C29H32N4O4S/c1-19(12-13-21-8-5-4-6-9-21)30-29(34)25-17-26(22-10-7-11-24(16-22)37-3)31-28-27(25)20(2)32-33(28)23-14-15-38(35,36)18-23/h4-11,16-17,19,23H,12-15,18H2,1-3H3,(H,30,34). The van der Waals surface area contributed by atoms with Gasteiger partial charge in [-0.05, 0) is 56.9 Å². The van der Waals surface area contributed by atoms with Crippen LogP contribution in [-0.4, -0.2) is 53.7 Å². The Morgan fingerprint density at radius 3 is 2.66 bits per heavy atom. The summed E-state index contributed by atoms with van der Waals surface area (Å²) in [6.45, 7) is 3.84. The van der Waals surface area contributed by atoms with Gasteiger partial charge >= 0.3 is 0 Å². The van der Waals surface area contributed by atoms with Crippen molar-refractivity contribution in [1.82, 2.24) is 20.1 Å². The number of methoxy groups -OCH3 is 1. The highest BCUT2D eigenvalue weighted by molar-refractivity contribution is 7.91. The van der Waals surface area contributed by atoms with E-state index in [0.717, 1.165) is 18.4 Å². The van der Waals surface area contributed by atoms with Gasteiger partial charge in [-0.1, -0.05) is 42.5 Å². The molecule has 0 radical (unpaired) electrons. The number of hydrogen-bond acceptors (Lipinski definition) is 6. The predicted molar refractivity (Wildman–Crippen MR) is 148 cm³/mol. The van der Waals surface area contributed by atoms with Gasteiger partial charge in [0, 0.05) is 11.6 Å². The average Bonchev–Trinajstić information content (AvgIpc) is 3.45. The van der Waals surface area contributed by atoms with Gasteiger partial charge in [0.1, 0.15) is 5.75 Å². The number of aryl methyl sites for hydroxylation is 2. The molecule has 9 heteroatoms. The minimum atomic E-state index is -3.13. The van der Waals surface area contributed by atoms with Gasteiger partial charge in [-0.2, -0.15) is 5.10 Å². The van der Waals surface area contributed by atoms with Crippen molar-refractivity contribution in [3.8, 4) is 17.0 Å². The van der Waals surface area contributed by atoms with Gasteiger partial charge in [0.25, 0.3) is 5.91 Å². The number of aromatic nitrogens is 3. The number of ether oxygens (including phenoxy) is 1. The molecule has 3 heterocycles. The molecule has 0 bridgehead atoms. The number of nitrogens with one attached hydrogen (secondary N) is 1. The summed E-state index contributed by atoms with van der Waals surface area (Å²) in [5.74, 6) is 0.618. The Labute approximate surface area is 223 Å². The molecule has 2 aromatic carbocycles. The van der Waals surface area contributed by atoms with E-state index in [4.69, 9.17) is 9.72 Å². The highest BCUT2D eigenvalue weighted by atomic mass is 32.2. The molecule has 198 valence electrons. The number of amides is 1. The molecular weight excluding hydrogens is 500 g/mol. The molecular formula is C29H32N4O4S. The number of fused-ring (bicyclic) bond motifs is 1. The van der Waals surface area contributed by atoms with Gasteiger partial charge < -0.3 is 10.1 Å². The number of carbonyl (C=O) groups excluding carboxylic acids is 1. The Morgan fingerprint density at radius 2 is 1.95 bits per heavy atom. The lowest BCUT2D eigenvalue weighted by Gasteiger charge is -2.16. The minimum absolute atomic E-state index is 0.0202. The number of benzene rings is 2. The second kappa shape index (κ2) is 10.6. The van der Waals surface area contributed by atoms with E-state index in [1.807, 2.05) is 56.3 Å². The van der Waals surface area contributed by atoms with E-state index in [1.165, 1.54) is 5.56 Å². The van der Waals surface area contributed by atoms with Crippen LogP contribution in [0.2, 0.25) is 0 Å². The molecule has 2 aromatic heterocycles. The van der Waals surface area contributed by atoms with Crippen molar-refractivity contribution >= 4 is 26.8 Å². The largest absolute Gasteiger partial charge is 0.497 e. The van der Waals surface area contributed by atoms with E-state index in [2.05, 4.69) is 22.5 Å². The van der Waals surface area contributed by atoms with Gasteiger partial charge in [-0.3, -0.25) is 4.79 Å². The third-order valence-corrected chi connectivity index (χ3v) is 8.84. The van der Waals surface area contributed by atoms with E-state index in [9.17, 15) is 13.2 Å². The summed E-state index contributed by atoms with van der Waals surface area (Å²) in [5.41, 5.74) is 4.26. The Balaban J connectivity index is 1.53. The Morgan fingerprint density at radius 1 is 1.16 bits per heavy atom. The highest BCUT2D eigenvalue weighted by Gasteiger charge is 2.32. The normalized spacial score (nSPS) is 17.4. The van der Waals surface area contributed by atoms with Gasteiger partial charge in [0.2, 0.25) is 0 Å². The molecule has 5 rings (SSSR count). The first-order chi connectivity index (χ1) is 18.2. The molecule has 1 N–H and O–H groups in total.